The Hall–Kier alpha value is -2.07. The molecule has 4 heteroatoms. The van der Waals surface area contributed by atoms with E-state index >= 15 is 0 Å². The highest BCUT2D eigenvalue weighted by molar-refractivity contribution is 6.06. The van der Waals surface area contributed by atoms with Crippen molar-refractivity contribution in [3.8, 4) is 0 Å². The predicted molar refractivity (Wildman–Crippen MR) is 77.9 cm³/mol. The number of anilines is 1. The van der Waals surface area contributed by atoms with Gasteiger partial charge in [-0.05, 0) is 30.7 Å². The Morgan fingerprint density at radius 1 is 1.40 bits per heavy atom. The Morgan fingerprint density at radius 3 is 3.00 bits per heavy atom. The third-order valence-electron chi connectivity index (χ3n) is 3.71. The van der Waals surface area contributed by atoms with Gasteiger partial charge in [-0.1, -0.05) is 25.1 Å². The van der Waals surface area contributed by atoms with Crippen LogP contribution < -0.4 is 10.2 Å². The molecule has 0 aliphatic carbocycles. The van der Waals surface area contributed by atoms with E-state index in [1.54, 1.807) is 6.07 Å². The zero-order valence-corrected chi connectivity index (χ0v) is 11.5. The van der Waals surface area contributed by atoms with E-state index in [-0.39, 0.29) is 5.91 Å². The second-order valence-electron chi connectivity index (χ2n) is 4.93. The Balaban J connectivity index is 1.94. The van der Waals surface area contributed by atoms with Crippen LogP contribution in [0.25, 0.3) is 0 Å². The van der Waals surface area contributed by atoms with Gasteiger partial charge >= 0.3 is 0 Å². The third kappa shape index (κ3) is 2.23. The van der Waals surface area contributed by atoms with Crippen molar-refractivity contribution >= 4 is 11.6 Å². The number of hydrogen-bond donors (Lipinski definition) is 1. The average molecular weight is 270 g/mol. The van der Waals surface area contributed by atoms with Crippen molar-refractivity contribution in [3.63, 3.8) is 0 Å². The fourth-order valence-corrected chi connectivity index (χ4v) is 2.77. The van der Waals surface area contributed by atoms with Gasteiger partial charge in [-0.15, -0.1) is 0 Å². The van der Waals surface area contributed by atoms with Crippen LogP contribution in [0.3, 0.4) is 0 Å². The van der Waals surface area contributed by atoms with Crippen LogP contribution in [0.5, 0.6) is 0 Å². The van der Waals surface area contributed by atoms with Crippen LogP contribution >= 0.6 is 0 Å². The molecular weight excluding hydrogens is 252 g/mol. The second kappa shape index (κ2) is 5.51. The van der Waals surface area contributed by atoms with Crippen molar-refractivity contribution in [2.75, 3.05) is 18.0 Å². The lowest BCUT2D eigenvalue weighted by Crippen LogP contribution is -2.39. The molecule has 0 spiro atoms. The maximum absolute atomic E-state index is 12.5. The Kier molecular flexibility index (Phi) is 3.56. The molecule has 1 aromatic carbocycles. The molecule has 104 valence electrons. The maximum atomic E-state index is 12.5. The number of furan rings is 1. The van der Waals surface area contributed by atoms with Crippen LogP contribution in [0, 0.1) is 0 Å². The lowest BCUT2D eigenvalue weighted by atomic mass is 9.96. The van der Waals surface area contributed by atoms with E-state index in [4.69, 9.17) is 4.42 Å². The normalized spacial score (nSPS) is 17.9. The Bertz CT molecular complexity index is 592. The molecular formula is C16H18N2O2. The molecule has 20 heavy (non-hydrogen) atoms. The molecule has 4 nitrogen and oxygen atoms in total. The number of nitrogens with one attached hydrogen (secondary N) is 1. The van der Waals surface area contributed by atoms with Crippen molar-refractivity contribution in [3.05, 3.63) is 54.0 Å². The summed E-state index contributed by atoms with van der Waals surface area (Å²) in [5.41, 5.74) is 2.79. The van der Waals surface area contributed by atoms with E-state index in [0.29, 0.717) is 11.6 Å². The molecule has 0 saturated carbocycles. The third-order valence-corrected chi connectivity index (χ3v) is 3.71. The summed E-state index contributed by atoms with van der Waals surface area (Å²) in [5.74, 6) is 0.00106. The molecule has 1 aliphatic rings. The summed E-state index contributed by atoms with van der Waals surface area (Å²) >= 11 is 0. The van der Waals surface area contributed by atoms with Crippen LogP contribution in [0.1, 0.15) is 35.3 Å². The summed E-state index contributed by atoms with van der Waals surface area (Å²) in [5, 5.41) is 3.48. The molecule has 1 aliphatic heterocycles. The average Bonchev–Trinajstić information content (AvgIpc) is 3.01. The number of carbonyl (C=O) groups excluding carboxylic acids is 1. The summed E-state index contributed by atoms with van der Waals surface area (Å²) in [6.07, 6.45) is 3.96. The number of para-hydroxylation sites is 1. The Morgan fingerprint density at radius 2 is 2.25 bits per heavy atom. The monoisotopic (exact) mass is 270 g/mol. The first-order chi connectivity index (χ1) is 9.81. The van der Waals surface area contributed by atoms with Gasteiger partial charge in [0.05, 0.1) is 11.8 Å². The summed E-state index contributed by atoms with van der Waals surface area (Å²) < 4.78 is 5.01. The van der Waals surface area contributed by atoms with Gasteiger partial charge in [0.25, 0.3) is 5.91 Å². The van der Waals surface area contributed by atoms with Crippen molar-refractivity contribution in [2.24, 2.45) is 0 Å². The molecule has 1 N–H and O–H groups in total. The van der Waals surface area contributed by atoms with Gasteiger partial charge in [0, 0.05) is 18.3 Å². The van der Waals surface area contributed by atoms with E-state index in [1.807, 2.05) is 23.1 Å². The summed E-state index contributed by atoms with van der Waals surface area (Å²) in [6, 6.07) is 10.1. The summed E-state index contributed by atoms with van der Waals surface area (Å²) in [4.78, 5) is 14.4. The first kappa shape index (κ1) is 12.9. The zero-order valence-electron chi connectivity index (χ0n) is 11.5. The van der Waals surface area contributed by atoms with E-state index < -0.39 is 0 Å². The summed E-state index contributed by atoms with van der Waals surface area (Å²) in [7, 11) is 0. The highest BCUT2D eigenvalue weighted by Gasteiger charge is 2.28. The molecule has 0 bridgehead atoms. The molecule has 2 aromatic rings. The standard InChI is InChI=1S/C16H18N2O2/c1-2-17-14-7-9-18(15-6-4-3-5-13(14)15)16(19)12-8-10-20-11-12/h3-6,8,10-11,14,17H,2,7,9H2,1H3. The topological polar surface area (TPSA) is 45.5 Å². The predicted octanol–water partition coefficient (Wildman–Crippen LogP) is 2.98. The SMILES string of the molecule is CCNC1CCN(C(=O)c2ccoc2)c2ccccc21. The van der Waals surface area contributed by atoms with Crippen LogP contribution in [0.2, 0.25) is 0 Å². The van der Waals surface area contributed by atoms with E-state index in [0.717, 1.165) is 25.2 Å². The molecule has 3 rings (SSSR count). The van der Waals surface area contributed by atoms with Crippen molar-refractivity contribution in [2.45, 2.75) is 19.4 Å². The largest absolute Gasteiger partial charge is 0.472 e. The number of carbonyl (C=O) groups is 1. The quantitative estimate of drug-likeness (QED) is 0.932. The first-order valence-electron chi connectivity index (χ1n) is 6.97. The molecule has 1 amide bonds. The van der Waals surface area contributed by atoms with Gasteiger partial charge in [0.2, 0.25) is 0 Å². The van der Waals surface area contributed by atoms with Crippen molar-refractivity contribution in [1.29, 1.82) is 0 Å². The highest BCUT2D eigenvalue weighted by atomic mass is 16.3. The number of hydrogen-bond acceptors (Lipinski definition) is 3. The van der Waals surface area contributed by atoms with Crippen molar-refractivity contribution < 1.29 is 9.21 Å². The lowest BCUT2D eigenvalue weighted by molar-refractivity contribution is 0.0983. The van der Waals surface area contributed by atoms with Gasteiger partial charge < -0.3 is 14.6 Å². The molecule has 1 aromatic heterocycles. The van der Waals surface area contributed by atoms with Crippen molar-refractivity contribution in [1.82, 2.24) is 5.32 Å². The number of nitrogens with zero attached hydrogens (tertiary/aromatic N) is 1. The van der Waals surface area contributed by atoms with Gasteiger partial charge in [-0.3, -0.25) is 4.79 Å². The van der Waals surface area contributed by atoms with Crippen LogP contribution in [0.4, 0.5) is 5.69 Å². The fourth-order valence-electron chi connectivity index (χ4n) is 2.77. The number of amides is 1. The van der Waals surface area contributed by atoms with Gasteiger partial charge in [0.15, 0.2) is 0 Å². The maximum Gasteiger partial charge on any atom is 0.261 e. The van der Waals surface area contributed by atoms with E-state index in [9.17, 15) is 4.79 Å². The number of benzene rings is 1. The molecule has 2 heterocycles. The van der Waals surface area contributed by atoms with Gasteiger partial charge in [-0.25, -0.2) is 0 Å². The molecule has 0 radical (unpaired) electrons. The molecule has 1 atom stereocenters. The van der Waals surface area contributed by atoms with Crippen LogP contribution in [0.15, 0.2) is 47.3 Å². The minimum Gasteiger partial charge on any atom is -0.472 e. The Labute approximate surface area is 118 Å². The van der Waals surface area contributed by atoms with Gasteiger partial charge in [0.1, 0.15) is 6.26 Å². The smallest absolute Gasteiger partial charge is 0.261 e. The lowest BCUT2D eigenvalue weighted by Gasteiger charge is -2.34. The van der Waals surface area contributed by atoms with Crippen LogP contribution in [-0.2, 0) is 0 Å². The highest BCUT2D eigenvalue weighted by Crippen LogP contribution is 2.34. The minimum absolute atomic E-state index is 0.00106. The molecule has 1 unspecified atom stereocenters. The van der Waals surface area contributed by atoms with Crippen LogP contribution in [-0.4, -0.2) is 19.0 Å². The fraction of sp³-hybridized carbons (Fsp3) is 0.312. The second-order valence-corrected chi connectivity index (χ2v) is 4.93. The minimum atomic E-state index is 0.00106. The number of fused-ring (bicyclic) bond motifs is 1. The summed E-state index contributed by atoms with van der Waals surface area (Å²) in [6.45, 7) is 3.75. The molecule has 0 saturated heterocycles. The zero-order chi connectivity index (χ0) is 13.9. The van der Waals surface area contributed by atoms with E-state index in [1.165, 1.54) is 18.1 Å². The molecule has 0 fully saturated rings. The number of rotatable bonds is 3. The van der Waals surface area contributed by atoms with Gasteiger partial charge in [-0.2, -0.15) is 0 Å². The first-order valence-corrected chi connectivity index (χ1v) is 6.97. The van der Waals surface area contributed by atoms with E-state index in [2.05, 4.69) is 18.3 Å².